The van der Waals surface area contributed by atoms with Crippen molar-refractivity contribution in [2.24, 2.45) is 5.92 Å². The Morgan fingerprint density at radius 2 is 2.26 bits per heavy atom. The van der Waals surface area contributed by atoms with E-state index in [1.165, 1.54) is 0 Å². The van der Waals surface area contributed by atoms with Gasteiger partial charge in [0.25, 0.3) is 0 Å². The number of ether oxygens (including phenoxy) is 1. The number of hydrogen-bond donors (Lipinski definition) is 0. The molecule has 1 spiro atoms. The number of alkyl halides is 1. The van der Waals surface area contributed by atoms with Gasteiger partial charge < -0.3 is 9.64 Å². The molecule has 1 aromatic heterocycles. The lowest BCUT2D eigenvalue weighted by atomic mass is 9.80. The summed E-state index contributed by atoms with van der Waals surface area (Å²) in [4.78, 5) is 18.4. The van der Waals surface area contributed by atoms with Crippen LogP contribution in [-0.2, 0) is 16.1 Å². The van der Waals surface area contributed by atoms with Crippen LogP contribution >= 0.6 is 11.8 Å². The number of halogens is 1. The van der Waals surface area contributed by atoms with Crippen molar-refractivity contribution in [2.75, 3.05) is 18.8 Å². The summed E-state index contributed by atoms with van der Waals surface area (Å²) in [6.07, 6.45) is 3.09. The molecule has 1 aliphatic carbocycles. The van der Waals surface area contributed by atoms with E-state index in [9.17, 15) is 9.18 Å². The van der Waals surface area contributed by atoms with Gasteiger partial charge in [-0.05, 0) is 31.4 Å². The number of thioether (sulfide) groups is 1. The van der Waals surface area contributed by atoms with Crippen molar-refractivity contribution in [2.45, 2.75) is 42.9 Å². The lowest BCUT2D eigenvalue weighted by Gasteiger charge is -2.49. The number of carbonyl (C=O) groups is 1. The van der Waals surface area contributed by atoms with E-state index >= 15 is 0 Å². The van der Waals surface area contributed by atoms with Gasteiger partial charge in [0.1, 0.15) is 6.17 Å². The monoisotopic (exact) mass is 336 g/mol. The third kappa shape index (κ3) is 3.11. The number of pyridine rings is 1. The molecular weight excluding hydrogens is 315 g/mol. The Morgan fingerprint density at radius 1 is 1.43 bits per heavy atom. The molecule has 124 valence electrons. The number of carbonyl (C=O) groups excluding carboxylic acids is 1. The largest absolute Gasteiger partial charge is 0.371 e. The van der Waals surface area contributed by atoms with Gasteiger partial charge in [0.2, 0.25) is 5.91 Å². The molecule has 4 rings (SSSR count). The summed E-state index contributed by atoms with van der Waals surface area (Å²) in [5, 5.41) is 0. The number of nitrogens with zero attached hydrogens (tertiary/aromatic N) is 2. The SMILES string of the molecule is O=C(C1CC(F)C1)N1CC2(C[C@@H](OCc3ccccn3)CS2)C1. The van der Waals surface area contributed by atoms with Gasteiger partial charge in [-0.1, -0.05) is 6.07 Å². The third-order valence-electron chi connectivity index (χ3n) is 5.07. The summed E-state index contributed by atoms with van der Waals surface area (Å²) in [6, 6.07) is 5.84. The van der Waals surface area contributed by atoms with Crippen LogP contribution in [0.4, 0.5) is 4.39 Å². The topological polar surface area (TPSA) is 42.4 Å². The van der Waals surface area contributed by atoms with E-state index in [-0.39, 0.29) is 22.7 Å². The number of aromatic nitrogens is 1. The number of rotatable bonds is 4. The fourth-order valence-corrected chi connectivity index (χ4v) is 5.18. The molecule has 0 unspecified atom stereocenters. The molecule has 2 saturated heterocycles. The van der Waals surface area contributed by atoms with Crippen molar-refractivity contribution in [3.8, 4) is 0 Å². The highest BCUT2D eigenvalue weighted by molar-refractivity contribution is 8.01. The highest BCUT2D eigenvalue weighted by Crippen LogP contribution is 2.47. The second kappa shape index (κ2) is 6.06. The van der Waals surface area contributed by atoms with E-state index in [0.29, 0.717) is 19.4 Å². The first kappa shape index (κ1) is 15.4. The average molecular weight is 336 g/mol. The van der Waals surface area contributed by atoms with Crippen LogP contribution in [0.5, 0.6) is 0 Å². The van der Waals surface area contributed by atoms with E-state index in [4.69, 9.17) is 4.74 Å². The van der Waals surface area contributed by atoms with Crippen LogP contribution in [-0.4, -0.2) is 51.7 Å². The zero-order valence-electron chi connectivity index (χ0n) is 13.0. The molecule has 2 aliphatic heterocycles. The van der Waals surface area contributed by atoms with Gasteiger partial charge in [0.15, 0.2) is 0 Å². The third-order valence-corrected chi connectivity index (χ3v) is 6.64. The first-order valence-corrected chi connectivity index (χ1v) is 9.20. The lowest BCUT2D eigenvalue weighted by Crippen LogP contribution is -2.62. The molecule has 23 heavy (non-hydrogen) atoms. The van der Waals surface area contributed by atoms with Gasteiger partial charge in [-0.15, -0.1) is 11.8 Å². The second-order valence-corrected chi connectivity index (χ2v) is 8.40. The molecule has 0 radical (unpaired) electrons. The minimum absolute atomic E-state index is 0.0649. The Morgan fingerprint density at radius 3 is 2.96 bits per heavy atom. The molecule has 3 fully saturated rings. The van der Waals surface area contributed by atoms with Crippen molar-refractivity contribution < 1.29 is 13.9 Å². The smallest absolute Gasteiger partial charge is 0.225 e. The van der Waals surface area contributed by atoms with Gasteiger partial charge in [0, 0.05) is 31.0 Å². The Bertz CT molecular complexity index is 573. The molecule has 3 heterocycles. The molecule has 1 atom stereocenters. The maximum absolute atomic E-state index is 12.9. The molecule has 1 aromatic rings. The standard InChI is InChI=1S/C17H21FN2O2S/c18-13-5-12(6-13)16(21)20-10-17(11-20)7-15(9-23-17)22-8-14-3-1-2-4-19-14/h1-4,12-13,15H,5-11H2/t12?,13?,15-/m1/s1. The van der Waals surface area contributed by atoms with Crippen LogP contribution in [0, 0.1) is 5.92 Å². The Labute approximate surface area is 139 Å². The van der Waals surface area contributed by atoms with Crippen molar-refractivity contribution in [3.63, 3.8) is 0 Å². The van der Waals surface area contributed by atoms with Crippen LogP contribution < -0.4 is 0 Å². The molecule has 0 N–H and O–H groups in total. The highest BCUT2D eigenvalue weighted by Gasteiger charge is 2.52. The van der Waals surface area contributed by atoms with E-state index in [2.05, 4.69) is 4.98 Å². The molecule has 0 aromatic carbocycles. The normalized spacial score (nSPS) is 31.7. The van der Waals surface area contributed by atoms with Crippen LogP contribution in [0.1, 0.15) is 25.0 Å². The summed E-state index contributed by atoms with van der Waals surface area (Å²) in [6.45, 7) is 2.14. The van der Waals surface area contributed by atoms with Gasteiger partial charge in [0.05, 0.1) is 23.2 Å². The lowest BCUT2D eigenvalue weighted by molar-refractivity contribution is -0.146. The molecule has 3 aliphatic rings. The Kier molecular flexibility index (Phi) is 4.05. The van der Waals surface area contributed by atoms with Gasteiger partial charge in [-0.3, -0.25) is 9.78 Å². The van der Waals surface area contributed by atoms with E-state index in [1.54, 1.807) is 6.20 Å². The Balaban J connectivity index is 1.23. The quantitative estimate of drug-likeness (QED) is 0.847. The van der Waals surface area contributed by atoms with E-state index in [0.717, 1.165) is 31.0 Å². The fraction of sp³-hybridized carbons (Fsp3) is 0.647. The first-order chi connectivity index (χ1) is 11.1. The van der Waals surface area contributed by atoms with Crippen molar-refractivity contribution in [1.29, 1.82) is 0 Å². The average Bonchev–Trinajstić information content (AvgIpc) is 2.93. The van der Waals surface area contributed by atoms with Gasteiger partial charge in [-0.2, -0.15) is 0 Å². The fourth-order valence-electron chi connectivity index (χ4n) is 3.63. The number of amides is 1. The molecule has 1 saturated carbocycles. The second-order valence-electron chi connectivity index (χ2n) is 6.91. The van der Waals surface area contributed by atoms with Crippen molar-refractivity contribution in [1.82, 2.24) is 9.88 Å². The summed E-state index contributed by atoms with van der Waals surface area (Å²) < 4.78 is 19.0. The molecule has 1 amide bonds. The van der Waals surface area contributed by atoms with Gasteiger partial charge >= 0.3 is 0 Å². The summed E-state index contributed by atoms with van der Waals surface area (Å²) in [7, 11) is 0. The van der Waals surface area contributed by atoms with Crippen LogP contribution in [0.3, 0.4) is 0 Å². The Hall–Kier alpha value is -1.14. The summed E-state index contributed by atoms with van der Waals surface area (Å²) in [5.74, 6) is 1.07. The molecular formula is C17H21FN2O2S. The van der Waals surface area contributed by atoms with Crippen LogP contribution in [0.2, 0.25) is 0 Å². The minimum atomic E-state index is -0.760. The predicted molar refractivity (Wildman–Crippen MR) is 86.8 cm³/mol. The van der Waals surface area contributed by atoms with Crippen LogP contribution in [0.25, 0.3) is 0 Å². The molecule has 4 nitrogen and oxygen atoms in total. The summed E-state index contributed by atoms with van der Waals surface area (Å²) >= 11 is 1.92. The van der Waals surface area contributed by atoms with Crippen molar-refractivity contribution >= 4 is 17.7 Å². The highest BCUT2D eigenvalue weighted by atomic mass is 32.2. The maximum atomic E-state index is 12.9. The predicted octanol–water partition coefficient (Wildman–Crippen LogP) is 2.43. The van der Waals surface area contributed by atoms with Crippen LogP contribution in [0.15, 0.2) is 24.4 Å². The first-order valence-electron chi connectivity index (χ1n) is 8.22. The van der Waals surface area contributed by atoms with E-state index in [1.807, 2.05) is 34.9 Å². The maximum Gasteiger partial charge on any atom is 0.225 e. The minimum Gasteiger partial charge on any atom is -0.371 e. The molecule has 0 bridgehead atoms. The van der Waals surface area contributed by atoms with Gasteiger partial charge in [-0.25, -0.2) is 4.39 Å². The number of likely N-dealkylation sites (tertiary alicyclic amines) is 1. The zero-order valence-corrected chi connectivity index (χ0v) is 13.8. The molecule has 6 heteroatoms. The van der Waals surface area contributed by atoms with Crippen molar-refractivity contribution in [3.05, 3.63) is 30.1 Å². The zero-order chi connectivity index (χ0) is 15.9. The summed E-state index contributed by atoms with van der Waals surface area (Å²) in [5.41, 5.74) is 0.953. The number of hydrogen-bond acceptors (Lipinski definition) is 4. The van der Waals surface area contributed by atoms with E-state index < -0.39 is 6.17 Å².